The number of nitrogens with one attached hydrogen (secondary N) is 1. The van der Waals surface area contributed by atoms with Gasteiger partial charge in [-0.15, -0.1) is 10.2 Å². The molecular formula is C10H16N6. The fraction of sp³-hybridized carbons (Fsp3) is 0.500. The SMILES string of the molecule is Cn1cc(CNCCc2nncn2C)cn1. The van der Waals surface area contributed by atoms with Gasteiger partial charge in [-0.2, -0.15) is 5.10 Å². The van der Waals surface area contributed by atoms with Crippen LogP contribution in [0.3, 0.4) is 0 Å². The van der Waals surface area contributed by atoms with Gasteiger partial charge < -0.3 is 9.88 Å². The van der Waals surface area contributed by atoms with Crippen molar-refractivity contribution >= 4 is 0 Å². The molecule has 0 fully saturated rings. The van der Waals surface area contributed by atoms with Crippen LogP contribution in [0.1, 0.15) is 11.4 Å². The summed E-state index contributed by atoms with van der Waals surface area (Å²) in [4.78, 5) is 0. The lowest BCUT2D eigenvalue weighted by Crippen LogP contribution is -2.17. The van der Waals surface area contributed by atoms with E-state index in [4.69, 9.17) is 0 Å². The third kappa shape index (κ3) is 2.66. The van der Waals surface area contributed by atoms with E-state index in [1.807, 2.05) is 31.1 Å². The molecule has 0 unspecified atom stereocenters. The van der Waals surface area contributed by atoms with Crippen molar-refractivity contribution in [1.29, 1.82) is 0 Å². The minimum absolute atomic E-state index is 0.839. The molecule has 16 heavy (non-hydrogen) atoms. The van der Waals surface area contributed by atoms with Crippen LogP contribution >= 0.6 is 0 Å². The molecule has 0 aliphatic heterocycles. The van der Waals surface area contributed by atoms with Crippen LogP contribution in [0.2, 0.25) is 0 Å². The highest BCUT2D eigenvalue weighted by atomic mass is 15.2. The van der Waals surface area contributed by atoms with Gasteiger partial charge in [-0.05, 0) is 0 Å². The lowest BCUT2D eigenvalue weighted by molar-refractivity contribution is 0.653. The molecule has 0 saturated carbocycles. The molecule has 86 valence electrons. The first-order valence-electron chi connectivity index (χ1n) is 5.27. The topological polar surface area (TPSA) is 60.6 Å². The van der Waals surface area contributed by atoms with Gasteiger partial charge >= 0.3 is 0 Å². The van der Waals surface area contributed by atoms with E-state index in [1.165, 1.54) is 5.56 Å². The van der Waals surface area contributed by atoms with Gasteiger partial charge in [-0.3, -0.25) is 4.68 Å². The summed E-state index contributed by atoms with van der Waals surface area (Å²) >= 11 is 0. The lowest BCUT2D eigenvalue weighted by atomic mass is 10.3. The van der Waals surface area contributed by atoms with E-state index in [2.05, 4.69) is 20.6 Å². The van der Waals surface area contributed by atoms with Crippen LogP contribution in [0.15, 0.2) is 18.7 Å². The van der Waals surface area contributed by atoms with E-state index >= 15 is 0 Å². The standard InChI is InChI=1S/C10H16N6/c1-15-8-12-14-10(15)3-4-11-5-9-6-13-16(2)7-9/h6-8,11H,3-5H2,1-2H3. The quantitative estimate of drug-likeness (QED) is 0.714. The van der Waals surface area contributed by atoms with Gasteiger partial charge in [0.05, 0.1) is 6.20 Å². The molecule has 2 aromatic heterocycles. The van der Waals surface area contributed by atoms with E-state index in [-0.39, 0.29) is 0 Å². The first kappa shape index (κ1) is 10.8. The molecule has 0 spiro atoms. The van der Waals surface area contributed by atoms with Gasteiger partial charge in [0.25, 0.3) is 0 Å². The summed E-state index contributed by atoms with van der Waals surface area (Å²) in [6.07, 6.45) is 6.48. The second-order valence-electron chi connectivity index (χ2n) is 3.81. The average Bonchev–Trinajstić information content (AvgIpc) is 2.83. The molecule has 0 amide bonds. The molecular weight excluding hydrogens is 204 g/mol. The van der Waals surface area contributed by atoms with Gasteiger partial charge in [0.2, 0.25) is 0 Å². The van der Waals surface area contributed by atoms with Crippen LogP contribution < -0.4 is 5.32 Å². The Morgan fingerprint density at radius 3 is 2.88 bits per heavy atom. The first-order valence-corrected chi connectivity index (χ1v) is 5.27. The molecule has 6 heteroatoms. The highest BCUT2D eigenvalue weighted by Gasteiger charge is 2.00. The largest absolute Gasteiger partial charge is 0.321 e. The zero-order valence-electron chi connectivity index (χ0n) is 9.59. The predicted molar refractivity (Wildman–Crippen MR) is 59.6 cm³/mol. The number of rotatable bonds is 5. The van der Waals surface area contributed by atoms with E-state index in [9.17, 15) is 0 Å². The summed E-state index contributed by atoms with van der Waals surface area (Å²) in [6, 6.07) is 0. The highest BCUT2D eigenvalue weighted by Crippen LogP contribution is 1.96. The van der Waals surface area contributed by atoms with Crippen molar-refractivity contribution in [3.8, 4) is 0 Å². The second kappa shape index (κ2) is 4.89. The Kier molecular flexibility index (Phi) is 3.31. The Hall–Kier alpha value is -1.69. The lowest BCUT2D eigenvalue weighted by Gasteiger charge is -2.02. The summed E-state index contributed by atoms with van der Waals surface area (Å²) in [5, 5.41) is 15.3. The second-order valence-corrected chi connectivity index (χ2v) is 3.81. The number of hydrogen-bond donors (Lipinski definition) is 1. The van der Waals surface area contributed by atoms with Crippen molar-refractivity contribution in [3.05, 3.63) is 30.1 Å². The Morgan fingerprint density at radius 1 is 1.38 bits per heavy atom. The highest BCUT2D eigenvalue weighted by molar-refractivity contribution is 5.02. The maximum Gasteiger partial charge on any atom is 0.133 e. The van der Waals surface area contributed by atoms with Gasteiger partial charge in [0.1, 0.15) is 12.2 Å². The van der Waals surface area contributed by atoms with Crippen LogP contribution in [-0.2, 0) is 27.1 Å². The van der Waals surface area contributed by atoms with E-state index in [0.29, 0.717) is 0 Å². The van der Waals surface area contributed by atoms with Crippen molar-refractivity contribution in [2.75, 3.05) is 6.54 Å². The number of hydrogen-bond acceptors (Lipinski definition) is 4. The smallest absolute Gasteiger partial charge is 0.133 e. The summed E-state index contributed by atoms with van der Waals surface area (Å²) in [5.74, 6) is 0.999. The molecule has 0 bridgehead atoms. The van der Waals surface area contributed by atoms with Crippen molar-refractivity contribution in [1.82, 2.24) is 29.9 Å². The molecule has 6 nitrogen and oxygen atoms in total. The van der Waals surface area contributed by atoms with Crippen molar-refractivity contribution < 1.29 is 0 Å². The molecule has 0 aliphatic carbocycles. The molecule has 0 saturated heterocycles. The maximum atomic E-state index is 4.11. The molecule has 0 radical (unpaired) electrons. The molecule has 0 atom stereocenters. The van der Waals surface area contributed by atoms with Gasteiger partial charge in [0, 0.05) is 45.4 Å². The van der Waals surface area contributed by atoms with Crippen LogP contribution in [0.5, 0.6) is 0 Å². The van der Waals surface area contributed by atoms with E-state index < -0.39 is 0 Å². The van der Waals surface area contributed by atoms with Crippen molar-refractivity contribution in [3.63, 3.8) is 0 Å². The summed E-state index contributed by atoms with van der Waals surface area (Å²) in [6.45, 7) is 1.73. The molecule has 0 aromatic carbocycles. The fourth-order valence-corrected chi connectivity index (χ4v) is 1.53. The Bertz CT molecular complexity index is 444. The number of aromatic nitrogens is 5. The summed E-state index contributed by atoms with van der Waals surface area (Å²) < 4.78 is 3.74. The third-order valence-electron chi connectivity index (χ3n) is 2.42. The van der Waals surface area contributed by atoms with Gasteiger partial charge in [-0.1, -0.05) is 0 Å². The van der Waals surface area contributed by atoms with Crippen molar-refractivity contribution in [2.24, 2.45) is 14.1 Å². The molecule has 2 aromatic rings. The Balaban J connectivity index is 1.71. The Morgan fingerprint density at radius 2 is 2.25 bits per heavy atom. The zero-order chi connectivity index (χ0) is 11.4. The first-order chi connectivity index (χ1) is 7.75. The number of nitrogens with zero attached hydrogens (tertiary/aromatic N) is 5. The van der Waals surface area contributed by atoms with Gasteiger partial charge in [0.15, 0.2) is 0 Å². The van der Waals surface area contributed by atoms with Crippen LogP contribution in [-0.4, -0.2) is 31.1 Å². The Labute approximate surface area is 94.3 Å². The number of aryl methyl sites for hydroxylation is 2. The molecule has 2 rings (SSSR count). The predicted octanol–water partition coefficient (Wildman–Crippen LogP) is -0.119. The minimum Gasteiger partial charge on any atom is -0.321 e. The molecule has 2 heterocycles. The average molecular weight is 220 g/mol. The van der Waals surface area contributed by atoms with Crippen LogP contribution in [0.4, 0.5) is 0 Å². The van der Waals surface area contributed by atoms with E-state index in [0.717, 1.165) is 25.3 Å². The molecule has 1 N–H and O–H groups in total. The van der Waals surface area contributed by atoms with Crippen LogP contribution in [0, 0.1) is 0 Å². The monoisotopic (exact) mass is 220 g/mol. The van der Waals surface area contributed by atoms with Crippen molar-refractivity contribution in [2.45, 2.75) is 13.0 Å². The normalized spacial score (nSPS) is 10.9. The van der Waals surface area contributed by atoms with E-state index in [1.54, 1.807) is 11.0 Å². The van der Waals surface area contributed by atoms with Gasteiger partial charge in [-0.25, -0.2) is 0 Å². The minimum atomic E-state index is 0.839. The van der Waals surface area contributed by atoms with Crippen LogP contribution in [0.25, 0.3) is 0 Å². The summed E-state index contributed by atoms with van der Waals surface area (Å²) in [5.41, 5.74) is 1.19. The third-order valence-corrected chi connectivity index (χ3v) is 2.42. The molecule has 0 aliphatic rings. The zero-order valence-corrected chi connectivity index (χ0v) is 9.59. The summed E-state index contributed by atoms with van der Waals surface area (Å²) in [7, 11) is 3.87. The maximum absolute atomic E-state index is 4.11. The fourth-order valence-electron chi connectivity index (χ4n) is 1.53.